The summed E-state index contributed by atoms with van der Waals surface area (Å²) in [5, 5.41) is 11.2. The van der Waals surface area contributed by atoms with Crippen molar-refractivity contribution in [1.29, 1.82) is 0 Å². The minimum atomic E-state index is -3.80. The lowest BCUT2D eigenvalue weighted by Crippen LogP contribution is -2.43. The van der Waals surface area contributed by atoms with Gasteiger partial charge in [-0.05, 0) is 38.1 Å². The van der Waals surface area contributed by atoms with Crippen LogP contribution in [0.2, 0.25) is 0 Å². The molecule has 0 aliphatic heterocycles. The van der Waals surface area contributed by atoms with Gasteiger partial charge in [0.2, 0.25) is 15.9 Å². The summed E-state index contributed by atoms with van der Waals surface area (Å²) in [6.07, 6.45) is 0. The van der Waals surface area contributed by atoms with Crippen molar-refractivity contribution in [2.75, 3.05) is 13.6 Å². The van der Waals surface area contributed by atoms with Gasteiger partial charge in [-0.25, -0.2) is 17.9 Å². The van der Waals surface area contributed by atoms with Crippen LogP contribution >= 0.6 is 0 Å². The van der Waals surface area contributed by atoms with Crippen LogP contribution in [0.25, 0.3) is 0 Å². The molecule has 1 amide bonds. The highest BCUT2D eigenvalue weighted by Gasteiger charge is 2.28. The Bertz CT molecular complexity index is 635. The molecule has 116 valence electrons. The van der Waals surface area contributed by atoms with Gasteiger partial charge in [0.1, 0.15) is 0 Å². The molecule has 0 aliphatic rings. The standard InChI is InChI=1S/C13H18N2O5S/c1-13(2,12(18)14-3)8-15-21(19,20)10-6-4-9(5-7-10)11(16)17/h4-7,15H,8H2,1-3H3,(H,14,18)(H,16,17). The zero-order chi connectivity index (χ0) is 16.3. The summed E-state index contributed by atoms with van der Waals surface area (Å²) in [4.78, 5) is 22.3. The highest BCUT2D eigenvalue weighted by Crippen LogP contribution is 2.16. The Labute approximate surface area is 123 Å². The maximum atomic E-state index is 12.1. The fourth-order valence-corrected chi connectivity index (χ4v) is 2.77. The van der Waals surface area contributed by atoms with E-state index < -0.39 is 21.4 Å². The van der Waals surface area contributed by atoms with Crippen molar-refractivity contribution < 1.29 is 23.1 Å². The molecular formula is C13H18N2O5S. The molecule has 0 aliphatic carbocycles. The van der Waals surface area contributed by atoms with Gasteiger partial charge in [0.15, 0.2) is 0 Å². The summed E-state index contributed by atoms with van der Waals surface area (Å²) in [5.74, 6) is -1.42. The Balaban J connectivity index is 2.87. The minimum absolute atomic E-state index is 0.000333. The van der Waals surface area contributed by atoms with Crippen LogP contribution in [-0.2, 0) is 14.8 Å². The van der Waals surface area contributed by atoms with E-state index in [1.54, 1.807) is 13.8 Å². The molecule has 0 radical (unpaired) electrons. The number of hydrogen-bond donors (Lipinski definition) is 3. The van der Waals surface area contributed by atoms with Crippen LogP contribution in [0.5, 0.6) is 0 Å². The number of carbonyl (C=O) groups excluding carboxylic acids is 1. The molecule has 3 N–H and O–H groups in total. The van der Waals surface area contributed by atoms with Crippen molar-refractivity contribution in [3.05, 3.63) is 29.8 Å². The first-order valence-corrected chi connectivity index (χ1v) is 7.64. The predicted octanol–water partition coefficient (Wildman–Crippen LogP) is 0.435. The van der Waals surface area contributed by atoms with Crippen molar-refractivity contribution in [3.63, 3.8) is 0 Å². The van der Waals surface area contributed by atoms with E-state index in [-0.39, 0.29) is 22.9 Å². The van der Waals surface area contributed by atoms with Gasteiger partial charge in [0.25, 0.3) is 0 Å². The van der Waals surface area contributed by atoms with Gasteiger partial charge < -0.3 is 10.4 Å². The zero-order valence-electron chi connectivity index (χ0n) is 12.0. The molecule has 8 heteroatoms. The first-order valence-electron chi connectivity index (χ1n) is 6.15. The molecule has 7 nitrogen and oxygen atoms in total. The number of benzene rings is 1. The maximum Gasteiger partial charge on any atom is 0.335 e. The van der Waals surface area contributed by atoms with Crippen molar-refractivity contribution in [2.45, 2.75) is 18.7 Å². The van der Waals surface area contributed by atoms with Gasteiger partial charge in [0.05, 0.1) is 15.9 Å². The molecular weight excluding hydrogens is 296 g/mol. The Morgan fingerprint density at radius 2 is 1.71 bits per heavy atom. The molecule has 0 fully saturated rings. The van der Waals surface area contributed by atoms with Crippen LogP contribution in [0.4, 0.5) is 0 Å². The van der Waals surface area contributed by atoms with E-state index in [1.165, 1.54) is 31.3 Å². The average molecular weight is 314 g/mol. The first kappa shape index (κ1) is 17.1. The number of sulfonamides is 1. The number of carboxylic acids is 1. The van der Waals surface area contributed by atoms with Crippen LogP contribution in [0.15, 0.2) is 29.2 Å². The molecule has 0 saturated heterocycles. The fraction of sp³-hybridized carbons (Fsp3) is 0.385. The lowest BCUT2D eigenvalue weighted by Gasteiger charge is -2.22. The van der Waals surface area contributed by atoms with Crippen molar-refractivity contribution >= 4 is 21.9 Å². The molecule has 1 aromatic rings. The van der Waals surface area contributed by atoms with Crippen LogP contribution in [0.3, 0.4) is 0 Å². The van der Waals surface area contributed by atoms with E-state index in [1.807, 2.05) is 0 Å². The second kappa shape index (κ2) is 6.23. The lowest BCUT2D eigenvalue weighted by atomic mass is 9.93. The van der Waals surface area contributed by atoms with Crippen LogP contribution < -0.4 is 10.0 Å². The number of carboxylic acid groups (broad SMARTS) is 1. The Morgan fingerprint density at radius 1 is 1.19 bits per heavy atom. The number of carbonyl (C=O) groups is 2. The first-order chi connectivity index (χ1) is 9.60. The minimum Gasteiger partial charge on any atom is -0.478 e. The SMILES string of the molecule is CNC(=O)C(C)(C)CNS(=O)(=O)c1ccc(C(=O)O)cc1. The quantitative estimate of drug-likeness (QED) is 0.705. The Hall–Kier alpha value is -1.93. The fourth-order valence-electron chi connectivity index (χ4n) is 1.55. The molecule has 0 saturated carbocycles. The maximum absolute atomic E-state index is 12.1. The third-order valence-electron chi connectivity index (χ3n) is 2.96. The average Bonchev–Trinajstić information content (AvgIpc) is 2.44. The molecule has 0 atom stereocenters. The summed E-state index contributed by atoms with van der Waals surface area (Å²) in [6.45, 7) is 3.15. The number of amides is 1. The molecule has 0 aromatic heterocycles. The van der Waals surface area contributed by atoms with E-state index in [4.69, 9.17) is 5.11 Å². The Morgan fingerprint density at radius 3 is 2.14 bits per heavy atom. The Kier molecular flexibility index (Phi) is 5.08. The highest BCUT2D eigenvalue weighted by molar-refractivity contribution is 7.89. The smallest absolute Gasteiger partial charge is 0.335 e. The number of aromatic carboxylic acids is 1. The van der Waals surface area contributed by atoms with Gasteiger partial charge in [-0.2, -0.15) is 0 Å². The molecule has 1 aromatic carbocycles. The van der Waals surface area contributed by atoms with Crippen molar-refractivity contribution in [1.82, 2.24) is 10.0 Å². The van der Waals surface area contributed by atoms with Gasteiger partial charge in [-0.15, -0.1) is 0 Å². The van der Waals surface area contributed by atoms with E-state index >= 15 is 0 Å². The van der Waals surface area contributed by atoms with Gasteiger partial charge >= 0.3 is 5.97 Å². The topological polar surface area (TPSA) is 113 Å². The molecule has 0 spiro atoms. The summed E-state index contributed by atoms with van der Waals surface area (Å²) >= 11 is 0. The largest absolute Gasteiger partial charge is 0.478 e. The lowest BCUT2D eigenvalue weighted by molar-refractivity contribution is -0.128. The normalized spacial score (nSPS) is 12.0. The number of nitrogens with one attached hydrogen (secondary N) is 2. The third-order valence-corrected chi connectivity index (χ3v) is 4.37. The van der Waals surface area contributed by atoms with E-state index in [2.05, 4.69) is 10.0 Å². The van der Waals surface area contributed by atoms with Crippen molar-refractivity contribution in [3.8, 4) is 0 Å². The number of rotatable bonds is 6. The summed E-state index contributed by atoms with van der Waals surface area (Å²) in [5.41, 5.74) is -0.900. The van der Waals surface area contributed by atoms with Crippen LogP contribution in [0, 0.1) is 5.41 Å². The zero-order valence-corrected chi connectivity index (χ0v) is 12.8. The van der Waals surface area contributed by atoms with Gasteiger partial charge in [-0.1, -0.05) is 0 Å². The van der Waals surface area contributed by atoms with Gasteiger partial charge in [-0.3, -0.25) is 4.79 Å². The monoisotopic (exact) mass is 314 g/mol. The summed E-state index contributed by atoms with van der Waals surface area (Å²) < 4.78 is 26.5. The molecule has 1 rings (SSSR count). The number of hydrogen-bond acceptors (Lipinski definition) is 4. The summed E-state index contributed by atoms with van der Waals surface area (Å²) in [7, 11) is -2.33. The molecule has 21 heavy (non-hydrogen) atoms. The van der Waals surface area contributed by atoms with E-state index in [0.29, 0.717) is 0 Å². The van der Waals surface area contributed by atoms with Gasteiger partial charge in [0, 0.05) is 13.6 Å². The molecule has 0 unspecified atom stereocenters. The molecule has 0 bridgehead atoms. The third kappa shape index (κ3) is 4.27. The second-order valence-corrected chi connectivity index (χ2v) is 6.88. The molecule has 0 heterocycles. The predicted molar refractivity (Wildman–Crippen MR) is 76.4 cm³/mol. The second-order valence-electron chi connectivity index (χ2n) is 5.12. The van der Waals surface area contributed by atoms with Crippen LogP contribution in [-0.4, -0.2) is 39.0 Å². The van der Waals surface area contributed by atoms with E-state index in [9.17, 15) is 18.0 Å². The van der Waals surface area contributed by atoms with E-state index in [0.717, 1.165) is 0 Å². The van der Waals surface area contributed by atoms with Crippen molar-refractivity contribution in [2.24, 2.45) is 5.41 Å². The summed E-state index contributed by atoms with van der Waals surface area (Å²) in [6, 6.07) is 4.83. The van der Waals surface area contributed by atoms with Crippen LogP contribution in [0.1, 0.15) is 24.2 Å². The highest BCUT2D eigenvalue weighted by atomic mass is 32.2.